The van der Waals surface area contributed by atoms with E-state index >= 15 is 0 Å². The second-order valence-electron chi connectivity index (χ2n) is 4.75. The number of hydrogen-bond donors (Lipinski definition) is 4. The number of hydrogen-bond acceptors (Lipinski definition) is 11. The highest BCUT2D eigenvalue weighted by atomic mass is 16.6. The minimum atomic E-state index is -0.711. The van der Waals surface area contributed by atoms with Crippen LogP contribution in [0.3, 0.4) is 0 Å². The summed E-state index contributed by atoms with van der Waals surface area (Å²) in [5.74, 6) is 5.08. The summed E-state index contributed by atoms with van der Waals surface area (Å²) in [4.78, 5) is 20.2. The molecule has 13 nitrogen and oxygen atoms in total. The van der Waals surface area contributed by atoms with E-state index in [4.69, 9.17) is 20.1 Å². The molecule has 0 fully saturated rings. The van der Waals surface area contributed by atoms with E-state index in [1.54, 1.807) is 0 Å². The van der Waals surface area contributed by atoms with Crippen molar-refractivity contribution in [3.8, 4) is 0 Å². The Morgan fingerprint density at radius 1 is 0.962 bits per heavy atom. The van der Waals surface area contributed by atoms with Gasteiger partial charge in [-0.2, -0.15) is 0 Å². The highest BCUT2D eigenvalue weighted by Crippen LogP contribution is 2.28. The maximum atomic E-state index is 11.0. The zero-order chi connectivity index (χ0) is 19.2. The van der Waals surface area contributed by atoms with Crippen LogP contribution in [0.5, 0.6) is 0 Å². The first-order chi connectivity index (χ1) is 12.6. The maximum Gasteiger partial charge on any atom is 0.300 e. The molecule has 0 aliphatic heterocycles. The van der Waals surface area contributed by atoms with Gasteiger partial charge in [0.1, 0.15) is 12.4 Å². The fourth-order valence-electron chi connectivity index (χ4n) is 1.72. The summed E-state index contributed by atoms with van der Waals surface area (Å²) in [7, 11) is 0. The van der Waals surface area contributed by atoms with Crippen LogP contribution < -0.4 is 22.1 Å². The van der Waals surface area contributed by atoms with Gasteiger partial charge in [0.05, 0.1) is 48.9 Å². The average Bonchev–Trinajstić information content (AvgIpc) is 2.62. The topological polar surface area (TPSA) is 176 Å². The molecule has 0 bridgehead atoms. The molecule has 0 atom stereocenters. The molecular formula is C13H22N6O7. The molecule has 0 spiro atoms. The van der Waals surface area contributed by atoms with E-state index in [2.05, 4.69) is 16.3 Å². The highest BCUT2D eigenvalue weighted by molar-refractivity contribution is 5.64. The average molecular weight is 374 g/mol. The second kappa shape index (κ2) is 12.9. The summed E-state index contributed by atoms with van der Waals surface area (Å²) < 4.78 is 15.7. The summed E-state index contributed by atoms with van der Waals surface area (Å²) >= 11 is 0. The first-order valence-electron chi connectivity index (χ1n) is 7.64. The molecule has 0 aliphatic carbocycles. The maximum absolute atomic E-state index is 11.0. The van der Waals surface area contributed by atoms with Crippen LogP contribution in [0.25, 0.3) is 0 Å². The number of nitro groups is 2. The van der Waals surface area contributed by atoms with E-state index in [0.717, 1.165) is 12.1 Å². The van der Waals surface area contributed by atoms with Gasteiger partial charge in [-0.3, -0.25) is 31.5 Å². The van der Waals surface area contributed by atoms with Crippen LogP contribution in [-0.2, 0) is 14.2 Å². The minimum Gasteiger partial charge on any atom is -0.378 e. The molecule has 0 aliphatic rings. The fraction of sp³-hybridized carbons (Fsp3) is 0.538. The molecule has 0 radical (unpaired) electrons. The lowest BCUT2D eigenvalue weighted by molar-refractivity contribution is -0.393. The van der Waals surface area contributed by atoms with Crippen molar-refractivity contribution in [1.82, 2.24) is 10.9 Å². The van der Waals surface area contributed by atoms with E-state index in [9.17, 15) is 20.2 Å². The van der Waals surface area contributed by atoms with E-state index in [-0.39, 0.29) is 18.1 Å². The third-order valence-corrected chi connectivity index (χ3v) is 2.92. The van der Waals surface area contributed by atoms with Gasteiger partial charge in [0.25, 0.3) is 5.69 Å². The first-order valence-corrected chi connectivity index (χ1v) is 7.64. The second-order valence-corrected chi connectivity index (χ2v) is 4.75. The zero-order valence-electron chi connectivity index (χ0n) is 14.0. The van der Waals surface area contributed by atoms with Gasteiger partial charge in [0.2, 0.25) is 0 Å². The number of ether oxygens (including phenoxy) is 3. The van der Waals surface area contributed by atoms with E-state index < -0.39 is 15.5 Å². The zero-order valence-corrected chi connectivity index (χ0v) is 14.0. The molecule has 5 N–H and O–H groups in total. The van der Waals surface area contributed by atoms with Crippen molar-refractivity contribution in [1.29, 1.82) is 0 Å². The molecule has 13 heteroatoms. The number of anilines is 1. The van der Waals surface area contributed by atoms with Crippen LogP contribution in [-0.4, -0.2) is 56.2 Å². The molecule has 26 heavy (non-hydrogen) atoms. The molecule has 1 rings (SSSR count). The highest BCUT2D eigenvalue weighted by Gasteiger charge is 2.19. The van der Waals surface area contributed by atoms with Gasteiger partial charge in [0, 0.05) is 12.6 Å². The van der Waals surface area contributed by atoms with Crippen molar-refractivity contribution >= 4 is 17.1 Å². The quantitative estimate of drug-likeness (QED) is 0.106. The van der Waals surface area contributed by atoms with Crippen LogP contribution in [0.15, 0.2) is 18.2 Å². The Morgan fingerprint density at radius 2 is 1.62 bits per heavy atom. The van der Waals surface area contributed by atoms with Crippen molar-refractivity contribution in [3.63, 3.8) is 0 Å². The molecule has 0 heterocycles. The van der Waals surface area contributed by atoms with Crippen molar-refractivity contribution in [2.75, 3.05) is 51.7 Å². The predicted octanol–water partition coefficient (Wildman–Crippen LogP) is -0.110. The summed E-state index contributed by atoms with van der Waals surface area (Å²) in [5.41, 5.74) is 6.97. The van der Waals surface area contributed by atoms with Crippen LogP contribution in [0.4, 0.5) is 17.1 Å². The van der Waals surface area contributed by atoms with Gasteiger partial charge in [0.15, 0.2) is 0 Å². The number of benzene rings is 1. The summed E-state index contributed by atoms with van der Waals surface area (Å²) in [5, 5.41) is 21.6. The monoisotopic (exact) mass is 374 g/mol. The lowest BCUT2D eigenvalue weighted by atomic mass is 10.2. The van der Waals surface area contributed by atoms with Gasteiger partial charge in [-0.15, -0.1) is 0 Å². The van der Waals surface area contributed by atoms with Crippen LogP contribution in [0.2, 0.25) is 0 Å². The van der Waals surface area contributed by atoms with Crippen LogP contribution in [0.1, 0.15) is 0 Å². The van der Waals surface area contributed by atoms with Gasteiger partial charge in [-0.25, -0.2) is 5.43 Å². The third-order valence-electron chi connectivity index (χ3n) is 2.92. The Bertz CT molecular complexity index is 574. The van der Waals surface area contributed by atoms with Crippen LogP contribution in [0, 0.1) is 20.2 Å². The number of rotatable bonds is 15. The Labute approximate surface area is 149 Å². The largest absolute Gasteiger partial charge is 0.378 e. The van der Waals surface area contributed by atoms with Gasteiger partial charge in [-0.05, 0) is 6.07 Å². The minimum absolute atomic E-state index is 0.0518. The molecular weight excluding hydrogens is 352 g/mol. The molecule has 0 saturated heterocycles. The van der Waals surface area contributed by atoms with Crippen LogP contribution >= 0.6 is 0 Å². The number of non-ortho nitro benzene ring substituents is 1. The molecule has 1 aromatic rings. The van der Waals surface area contributed by atoms with Crippen molar-refractivity contribution in [3.05, 3.63) is 38.4 Å². The molecule has 146 valence electrons. The van der Waals surface area contributed by atoms with E-state index in [0.29, 0.717) is 39.6 Å². The predicted molar refractivity (Wildman–Crippen MR) is 91.2 cm³/mol. The van der Waals surface area contributed by atoms with Gasteiger partial charge < -0.3 is 19.6 Å². The SMILES string of the molecule is NNCCOCCOCCOCNNc1ccc([N+](=O)[O-])cc1[N+](=O)[O-]. The Morgan fingerprint density at radius 3 is 2.23 bits per heavy atom. The van der Waals surface area contributed by atoms with Crippen molar-refractivity contribution < 1.29 is 24.1 Å². The Hall–Kier alpha value is -2.42. The molecule has 0 aromatic heterocycles. The fourth-order valence-corrected chi connectivity index (χ4v) is 1.72. The lowest BCUT2D eigenvalue weighted by Crippen LogP contribution is -2.27. The Balaban J connectivity index is 2.16. The molecule has 0 unspecified atom stereocenters. The third kappa shape index (κ3) is 8.61. The van der Waals surface area contributed by atoms with E-state index in [1.807, 2.05) is 0 Å². The number of nitrogens with two attached hydrogens (primary N) is 1. The smallest absolute Gasteiger partial charge is 0.300 e. The summed E-state index contributed by atoms with van der Waals surface area (Å²) in [6, 6.07) is 3.29. The Kier molecular flexibility index (Phi) is 10.7. The number of nitrogens with zero attached hydrogens (tertiary/aromatic N) is 2. The molecule has 0 saturated carbocycles. The van der Waals surface area contributed by atoms with Crippen molar-refractivity contribution in [2.24, 2.45) is 5.84 Å². The number of nitro benzene ring substituents is 2. The van der Waals surface area contributed by atoms with Gasteiger partial charge >= 0.3 is 5.69 Å². The lowest BCUT2D eigenvalue weighted by Gasteiger charge is -2.10. The summed E-state index contributed by atoms with van der Waals surface area (Å²) in [6.07, 6.45) is 0. The summed E-state index contributed by atoms with van der Waals surface area (Å²) in [6.45, 7) is 2.66. The first kappa shape index (κ1) is 21.6. The molecule has 0 amide bonds. The van der Waals surface area contributed by atoms with Gasteiger partial charge in [-0.1, -0.05) is 0 Å². The van der Waals surface area contributed by atoms with Crippen molar-refractivity contribution in [2.45, 2.75) is 0 Å². The number of nitrogens with one attached hydrogen (secondary N) is 3. The standard InChI is InChI=1S/C13H22N6O7/c14-15-3-4-24-5-6-25-7-8-26-10-16-17-12-2-1-11(18(20)21)9-13(12)19(22)23/h1-2,9,15-17H,3-8,10,14H2. The van der Waals surface area contributed by atoms with E-state index in [1.165, 1.54) is 6.07 Å². The number of hydrazine groups is 2. The normalized spacial score (nSPS) is 10.7. The molecule has 1 aromatic carbocycles.